The lowest BCUT2D eigenvalue weighted by molar-refractivity contribution is -0.113. The summed E-state index contributed by atoms with van der Waals surface area (Å²) in [6.45, 7) is 0. The van der Waals surface area contributed by atoms with E-state index in [2.05, 4.69) is 26.1 Å². The number of nitrogens with one attached hydrogen (secondary N) is 3. The zero-order valence-electron chi connectivity index (χ0n) is 16.9. The first-order valence-corrected chi connectivity index (χ1v) is 11.4. The monoisotopic (exact) mass is 451 g/mol. The van der Waals surface area contributed by atoms with Gasteiger partial charge in [-0.05, 0) is 25.0 Å². The van der Waals surface area contributed by atoms with Crippen molar-refractivity contribution in [2.24, 2.45) is 0 Å². The molecule has 1 aromatic carbocycles. The number of urea groups is 1. The van der Waals surface area contributed by atoms with E-state index in [1.54, 1.807) is 25.3 Å². The van der Waals surface area contributed by atoms with E-state index < -0.39 is 0 Å². The number of amides is 3. The Morgan fingerprint density at radius 3 is 2.67 bits per heavy atom. The predicted octanol–water partition coefficient (Wildman–Crippen LogP) is 3.74. The number of ether oxygens (including phenoxy) is 2. The first-order valence-electron chi connectivity index (χ1n) is 9.63. The lowest BCUT2D eigenvalue weighted by Gasteiger charge is -2.22. The van der Waals surface area contributed by atoms with Crippen molar-refractivity contribution in [3.63, 3.8) is 0 Å². The van der Waals surface area contributed by atoms with Gasteiger partial charge >= 0.3 is 6.03 Å². The number of benzene rings is 1. The summed E-state index contributed by atoms with van der Waals surface area (Å²) in [5, 5.41) is 16.9. The Morgan fingerprint density at radius 2 is 1.93 bits per heavy atom. The van der Waals surface area contributed by atoms with E-state index in [-0.39, 0.29) is 23.7 Å². The van der Waals surface area contributed by atoms with E-state index in [0.717, 1.165) is 25.7 Å². The second-order valence-electron chi connectivity index (χ2n) is 6.71. The number of carbonyl (C=O) groups excluding carboxylic acids is 2. The van der Waals surface area contributed by atoms with Gasteiger partial charge in [-0.2, -0.15) is 0 Å². The third kappa shape index (κ3) is 6.49. The molecule has 3 amide bonds. The van der Waals surface area contributed by atoms with E-state index in [0.29, 0.717) is 26.7 Å². The maximum Gasteiger partial charge on any atom is 0.321 e. The second kappa shape index (κ2) is 11.0. The molecular formula is C19H25N5O4S2. The number of rotatable bonds is 8. The lowest BCUT2D eigenvalue weighted by Crippen LogP contribution is -2.38. The third-order valence-corrected chi connectivity index (χ3v) is 6.55. The molecule has 1 saturated carbocycles. The molecule has 0 unspecified atom stereocenters. The smallest absolute Gasteiger partial charge is 0.321 e. The number of thioether (sulfide) groups is 1. The minimum atomic E-state index is -0.266. The molecule has 1 aromatic heterocycles. The van der Waals surface area contributed by atoms with Gasteiger partial charge in [-0.3, -0.25) is 10.1 Å². The van der Waals surface area contributed by atoms with Crippen LogP contribution in [-0.2, 0) is 4.79 Å². The summed E-state index contributed by atoms with van der Waals surface area (Å²) in [5.41, 5.74) is 0.529. The lowest BCUT2D eigenvalue weighted by atomic mass is 9.96. The maximum atomic E-state index is 12.3. The van der Waals surface area contributed by atoms with Gasteiger partial charge in [0, 0.05) is 12.1 Å². The molecule has 2 aromatic rings. The Bertz CT molecular complexity index is 870. The standard InChI is InChI=1S/C19H25N5O4S2/c1-27-13-8-9-15(28-2)14(10-13)21-16(25)11-29-19-24-23-18(30-19)22-17(26)20-12-6-4-3-5-7-12/h8-10,12H,3-7,11H2,1-2H3,(H,21,25)(H2,20,22,23,26). The fraction of sp³-hybridized carbons (Fsp3) is 0.474. The van der Waals surface area contributed by atoms with Crippen molar-refractivity contribution in [3.05, 3.63) is 18.2 Å². The van der Waals surface area contributed by atoms with Crippen molar-refractivity contribution in [1.82, 2.24) is 15.5 Å². The molecule has 1 heterocycles. The van der Waals surface area contributed by atoms with Crippen LogP contribution in [0.1, 0.15) is 32.1 Å². The largest absolute Gasteiger partial charge is 0.497 e. The van der Waals surface area contributed by atoms with Gasteiger partial charge in [-0.15, -0.1) is 10.2 Å². The Labute approximate surface area is 183 Å². The van der Waals surface area contributed by atoms with Crippen molar-refractivity contribution in [2.45, 2.75) is 42.5 Å². The molecule has 1 aliphatic rings. The average Bonchev–Trinajstić information content (AvgIpc) is 3.20. The van der Waals surface area contributed by atoms with E-state index in [1.165, 1.54) is 36.6 Å². The van der Waals surface area contributed by atoms with E-state index in [1.807, 2.05) is 0 Å². The summed E-state index contributed by atoms with van der Waals surface area (Å²) in [5.74, 6) is 1.08. The summed E-state index contributed by atoms with van der Waals surface area (Å²) >= 11 is 2.47. The van der Waals surface area contributed by atoms with E-state index in [4.69, 9.17) is 9.47 Å². The average molecular weight is 452 g/mol. The molecule has 0 radical (unpaired) electrons. The zero-order chi connectivity index (χ0) is 21.3. The molecule has 0 spiro atoms. The fourth-order valence-electron chi connectivity index (χ4n) is 3.11. The highest BCUT2D eigenvalue weighted by Gasteiger charge is 2.17. The van der Waals surface area contributed by atoms with Gasteiger partial charge in [0.15, 0.2) is 4.34 Å². The molecule has 3 rings (SSSR count). The number of aromatic nitrogens is 2. The van der Waals surface area contributed by atoms with Gasteiger partial charge in [0.05, 0.1) is 25.7 Å². The number of nitrogens with zero attached hydrogens (tertiary/aromatic N) is 2. The quantitative estimate of drug-likeness (QED) is 0.414. The van der Waals surface area contributed by atoms with Crippen molar-refractivity contribution < 1.29 is 19.1 Å². The minimum Gasteiger partial charge on any atom is -0.497 e. The van der Waals surface area contributed by atoms with Gasteiger partial charge in [-0.25, -0.2) is 4.79 Å². The van der Waals surface area contributed by atoms with Crippen LogP contribution < -0.4 is 25.4 Å². The number of anilines is 2. The molecule has 30 heavy (non-hydrogen) atoms. The van der Waals surface area contributed by atoms with Gasteiger partial charge in [0.2, 0.25) is 11.0 Å². The molecule has 1 aliphatic carbocycles. The van der Waals surface area contributed by atoms with Crippen LogP contribution in [0.3, 0.4) is 0 Å². The van der Waals surface area contributed by atoms with Crippen LogP contribution in [0.15, 0.2) is 22.5 Å². The Hall–Kier alpha value is -2.53. The zero-order valence-corrected chi connectivity index (χ0v) is 18.5. The summed E-state index contributed by atoms with van der Waals surface area (Å²) in [4.78, 5) is 24.4. The topological polar surface area (TPSA) is 114 Å². The number of hydrogen-bond donors (Lipinski definition) is 3. The summed E-state index contributed by atoms with van der Waals surface area (Å²) in [6, 6.07) is 5.13. The van der Waals surface area contributed by atoms with Crippen LogP contribution in [0.5, 0.6) is 11.5 Å². The first kappa shape index (κ1) is 22.2. The fourth-order valence-corrected chi connectivity index (χ4v) is 4.66. The van der Waals surface area contributed by atoms with Gasteiger partial charge in [0.25, 0.3) is 0 Å². The highest BCUT2D eigenvalue weighted by molar-refractivity contribution is 8.01. The second-order valence-corrected chi connectivity index (χ2v) is 8.91. The van der Waals surface area contributed by atoms with Crippen LogP contribution in [0.4, 0.5) is 15.6 Å². The van der Waals surface area contributed by atoms with E-state index >= 15 is 0 Å². The van der Waals surface area contributed by atoms with Gasteiger partial charge in [0.1, 0.15) is 11.5 Å². The van der Waals surface area contributed by atoms with Crippen molar-refractivity contribution >= 4 is 45.9 Å². The Morgan fingerprint density at radius 1 is 1.13 bits per heavy atom. The molecule has 162 valence electrons. The van der Waals surface area contributed by atoms with Crippen LogP contribution in [0.2, 0.25) is 0 Å². The van der Waals surface area contributed by atoms with Crippen LogP contribution in [0.25, 0.3) is 0 Å². The molecule has 0 saturated heterocycles. The van der Waals surface area contributed by atoms with Crippen LogP contribution in [0, 0.1) is 0 Å². The SMILES string of the molecule is COc1ccc(OC)c(NC(=O)CSc2nnc(NC(=O)NC3CCCCC3)s2)c1. The molecule has 0 atom stereocenters. The normalized spacial score (nSPS) is 14.1. The van der Waals surface area contributed by atoms with Crippen molar-refractivity contribution in [3.8, 4) is 11.5 Å². The minimum absolute atomic E-state index is 0.142. The molecule has 0 aliphatic heterocycles. The highest BCUT2D eigenvalue weighted by Crippen LogP contribution is 2.30. The molecule has 9 nitrogen and oxygen atoms in total. The molecule has 3 N–H and O–H groups in total. The molecule has 0 bridgehead atoms. The number of methoxy groups -OCH3 is 2. The third-order valence-electron chi connectivity index (χ3n) is 4.57. The van der Waals surface area contributed by atoms with Crippen molar-refractivity contribution in [1.29, 1.82) is 0 Å². The Kier molecular flexibility index (Phi) is 8.14. The molecular weight excluding hydrogens is 426 g/mol. The van der Waals surface area contributed by atoms with Crippen LogP contribution >= 0.6 is 23.1 Å². The summed E-state index contributed by atoms with van der Waals surface area (Å²) in [7, 11) is 3.09. The van der Waals surface area contributed by atoms with Crippen LogP contribution in [-0.4, -0.2) is 48.1 Å². The number of hydrogen-bond acceptors (Lipinski definition) is 8. The predicted molar refractivity (Wildman–Crippen MR) is 118 cm³/mol. The number of carbonyl (C=O) groups is 2. The van der Waals surface area contributed by atoms with Gasteiger partial charge in [-0.1, -0.05) is 42.4 Å². The maximum absolute atomic E-state index is 12.3. The van der Waals surface area contributed by atoms with Crippen molar-refractivity contribution in [2.75, 3.05) is 30.6 Å². The van der Waals surface area contributed by atoms with E-state index in [9.17, 15) is 9.59 Å². The van der Waals surface area contributed by atoms with Gasteiger partial charge < -0.3 is 20.1 Å². The summed E-state index contributed by atoms with van der Waals surface area (Å²) in [6.07, 6.45) is 5.55. The first-order chi connectivity index (χ1) is 14.6. The molecule has 11 heteroatoms. The summed E-state index contributed by atoms with van der Waals surface area (Å²) < 4.78 is 11.0. The highest BCUT2D eigenvalue weighted by atomic mass is 32.2. The Balaban J connectivity index is 1.46. The molecule has 1 fully saturated rings.